The van der Waals surface area contributed by atoms with Crippen LogP contribution >= 0.6 is 0 Å². The van der Waals surface area contributed by atoms with Gasteiger partial charge in [-0.2, -0.15) is 0 Å². The summed E-state index contributed by atoms with van der Waals surface area (Å²) in [5.74, 6) is -0.383. The van der Waals surface area contributed by atoms with Gasteiger partial charge < -0.3 is 10.0 Å². The van der Waals surface area contributed by atoms with E-state index in [9.17, 15) is 4.79 Å². The topological polar surface area (TPSA) is 43.8 Å². The predicted octanol–water partition coefficient (Wildman–Crippen LogP) is 0.509. The summed E-state index contributed by atoms with van der Waals surface area (Å²) < 4.78 is 0. The van der Waals surface area contributed by atoms with Crippen LogP contribution in [-0.4, -0.2) is 60.6 Å². The van der Waals surface area contributed by atoms with Gasteiger partial charge >= 0.3 is 5.97 Å². The molecule has 1 rings (SSSR count). The van der Waals surface area contributed by atoms with E-state index in [4.69, 9.17) is 5.11 Å². The van der Waals surface area contributed by atoms with Gasteiger partial charge in [0, 0.05) is 19.6 Å². The van der Waals surface area contributed by atoms with Gasteiger partial charge in [-0.25, -0.2) is 0 Å². The maximum atomic E-state index is 11.0. The molecule has 1 heterocycles. The smallest absolute Gasteiger partial charge is 0.320 e. The van der Waals surface area contributed by atoms with E-state index in [0.29, 0.717) is 12.3 Å². The van der Waals surface area contributed by atoms with Gasteiger partial charge in [0.2, 0.25) is 0 Å². The van der Waals surface area contributed by atoms with Gasteiger partial charge in [-0.15, -0.1) is 6.58 Å². The normalized spacial score (nSPS) is 27.1. The monoisotopic (exact) mass is 212 g/mol. The van der Waals surface area contributed by atoms with Crippen LogP contribution in [0.4, 0.5) is 0 Å². The van der Waals surface area contributed by atoms with Gasteiger partial charge in [0.15, 0.2) is 0 Å². The summed E-state index contributed by atoms with van der Waals surface area (Å²) in [6, 6.07) is -0.326. The molecule has 15 heavy (non-hydrogen) atoms. The van der Waals surface area contributed by atoms with Crippen LogP contribution in [-0.2, 0) is 4.79 Å². The zero-order valence-corrected chi connectivity index (χ0v) is 9.52. The first kappa shape index (κ1) is 12.2. The molecule has 2 atom stereocenters. The maximum absolute atomic E-state index is 11.0. The number of carbonyl (C=O) groups is 1. The van der Waals surface area contributed by atoms with Crippen LogP contribution in [0.15, 0.2) is 12.7 Å². The molecule has 4 nitrogen and oxygen atoms in total. The Balaban J connectivity index is 2.52. The molecule has 0 amide bonds. The molecule has 0 saturated carbocycles. The molecule has 0 unspecified atom stereocenters. The van der Waals surface area contributed by atoms with Crippen molar-refractivity contribution in [2.75, 3.05) is 33.7 Å². The van der Waals surface area contributed by atoms with Crippen LogP contribution in [0.3, 0.4) is 0 Å². The fourth-order valence-corrected chi connectivity index (χ4v) is 1.94. The van der Waals surface area contributed by atoms with Crippen molar-refractivity contribution in [1.82, 2.24) is 9.80 Å². The molecule has 0 radical (unpaired) electrons. The Labute approximate surface area is 91.2 Å². The number of hydrogen-bond acceptors (Lipinski definition) is 3. The lowest BCUT2D eigenvalue weighted by molar-refractivity contribution is -0.142. The highest BCUT2D eigenvalue weighted by molar-refractivity contribution is 5.74. The summed E-state index contributed by atoms with van der Waals surface area (Å²) in [5, 5.41) is 9.07. The van der Waals surface area contributed by atoms with E-state index in [0.717, 1.165) is 19.6 Å². The van der Waals surface area contributed by atoms with Crippen LogP contribution in [0.5, 0.6) is 0 Å². The number of rotatable bonds is 5. The van der Waals surface area contributed by atoms with Crippen LogP contribution in [0.25, 0.3) is 0 Å². The second-order valence-electron chi connectivity index (χ2n) is 4.38. The number of likely N-dealkylation sites (tertiary alicyclic amines) is 1. The molecule has 4 heteroatoms. The van der Waals surface area contributed by atoms with Crippen molar-refractivity contribution in [2.24, 2.45) is 5.92 Å². The highest BCUT2D eigenvalue weighted by Gasteiger charge is 2.34. The molecule has 0 aromatic rings. The van der Waals surface area contributed by atoms with Crippen LogP contribution in [0.1, 0.15) is 6.42 Å². The number of likely N-dealkylation sites (N-methyl/N-ethyl adjacent to an activating group) is 1. The van der Waals surface area contributed by atoms with Crippen molar-refractivity contribution in [3.05, 3.63) is 12.7 Å². The third-order valence-corrected chi connectivity index (χ3v) is 2.89. The van der Waals surface area contributed by atoms with Crippen molar-refractivity contribution in [3.8, 4) is 0 Å². The SMILES string of the molecule is C=C[C@@H]1C[C@H](C(=O)O)N(CCN(C)C)C1. The van der Waals surface area contributed by atoms with E-state index < -0.39 is 5.97 Å². The van der Waals surface area contributed by atoms with Crippen molar-refractivity contribution < 1.29 is 9.90 Å². The minimum atomic E-state index is -0.710. The van der Waals surface area contributed by atoms with Crippen LogP contribution in [0.2, 0.25) is 0 Å². The molecule has 0 aliphatic carbocycles. The van der Waals surface area contributed by atoms with E-state index in [2.05, 4.69) is 11.5 Å². The molecule has 0 bridgehead atoms. The zero-order valence-electron chi connectivity index (χ0n) is 9.52. The van der Waals surface area contributed by atoms with E-state index >= 15 is 0 Å². The summed E-state index contributed by atoms with van der Waals surface area (Å²) in [7, 11) is 3.99. The first-order chi connectivity index (χ1) is 7.04. The van der Waals surface area contributed by atoms with Crippen molar-refractivity contribution in [1.29, 1.82) is 0 Å². The fourth-order valence-electron chi connectivity index (χ4n) is 1.94. The lowest BCUT2D eigenvalue weighted by Gasteiger charge is -2.22. The quantitative estimate of drug-likeness (QED) is 0.674. The van der Waals surface area contributed by atoms with Gasteiger partial charge in [-0.3, -0.25) is 9.69 Å². The fraction of sp³-hybridized carbons (Fsp3) is 0.727. The summed E-state index contributed by atoms with van der Waals surface area (Å²) in [4.78, 5) is 15.1. The summed E-state index contributed by atoms with van der Waals surface area (Å²) in [5.41, 5.74) is 0. The molecule has 1 aliphatic rings. The van der Waals surface area contributed by atoms with Crippen molar-refractivity contribution in [2.45, 2.75) is 12.5 Å². The average molecular weight is 212 g/mol. The Morgan fingerprint density at radius 2 is 2.33 bits per heavy atom. The first-order valence-corrected chi connectivity index (χ1v) is 5.28. The molecule has 0 spiro atoms. The van der Waals surface area contributed by atoms with Gasteiger partial charge in [0.05, 0.1) is 0 Å². The second kappa shape index (κ2) is 5.28. The van der Waals surface area contributed by atoms with Gasteiger partial charge in [-0.05, 0) is 26.4 Å². The molecule has 0 aromatic carbocycles. The van der Waals surface area contributed by atoms with E-state index in [1.54, 1.807) is 0 Å². The molecule has 0 aromatic heterocycles. The Hall–Kier alpha value is -0.870. The first-order valence-electron chi connectivity index (χ1n) is 5.28. The molecule has 1 N–H and O–H groups in total. The third kappa shape index (κ3) is 3.32. The summed E-state index contributed by atoms with van der Waals surface area (Å²) >= 11 is 0. The molecule has 86 valence electrons. The Morgan fingerprint density at radius 1 is 1.67 bits per heavy atom. The van der Waals surface area contributed by atoms with Gasteiger partial charge in [0.25, 0.3) is 0 Å². The highest BCUT2D eigenvalue weighted by atomic mass is 16.4. The highest BCUT2D eigenvalue weighted by Crippen LogP contribution is 2.23. The van der Waals surface area contributed by atoms with Crippen LogP contribution in [0, 0.1) is 5.92 Å². The summed E-state index contributed by atoms with van der Waals surface area (Å²) in [6.45, 7) is 6.27. The van der Waals surface area contributed by atoms with E-state index in [-0.39, 0.29) is 6.04 Å². The van der Waals surface area contributed by atoms with Gasteiger partial charge in [-0.1, -0.05) is 6.08 Å². The standard InChI is InChI=1S/C11H20N2O2/c1-4-9-7-10(11(14)15)13(8-9)6-5-12(2)3/h4,9-10H,1,5-8H2,2-3H3,(H,14,15)/t9-,10-/m1/s1. The second-order valence-corrected chi connectivity index (χ2v) is 4.38. The average Bonchev–Trinajstić information content (AvgIpc) is 2.57. The lowest BCUT2D eigenvalue weighted by atomic mass is 10.1. The Kier molecular flexibility index (Phi) is 4.29. The zero-order chi connectivity index (χ0) is 11.4. The van der Waals surface area contributed by atoms with Crippen molar-refractivity contribution >= 4 is 5.97 Å². The molecule has 1 fully saturated rings. The number of nitrogens with zero attached hydrogens (tertiary/aromatic N) is 2. The maximum Gasteiger partial charge on any atom is 0.320 e. The van der Waals surface area contributed by atoms with Crippen LogP contribution < -0.4 is 0 Å². The number of aliphatic carboxylic acids is 1. The Bertz CT molecular complexity index is 241. The largest absolute Gasteiger partial charge is 0.480 e. The molecular formula is C11H20N2O2. The Morgan fingerprint density at radius 3 is 2.80 bits per heavy atom. The lowest BCUT2D eigenvalue weighted by Crippen LogP contribution is -2.39. The van der Waals surface area contributed by atoms with E-state index in [1.807, 2.05) is 25.1 Å². The number of hydrogen-bond donors (Lipinski definition) is 1. The predicted molar refractivity (Wildman–Crippen MR) is 59.9 cm³/mol. The molecule has 1 saturated heterocycles. The minimum absolute atomic E-state index is 0.326. The minimum Gasteiger partial charge on any atom is -0.480 e. The molecule has 1 aliphatic heterocycles. The number of carboxylic acids is 1. The number of carboxylic acid groups (broad SMARTS) is 1. The third-order valence-electron chi connectivity index (χ3n) is 2.89. The molecular weight excluding hydrogens is 192 g/mol. The van der Waals surface area contributed by atoms with Crippen molar-refractivity contribution in [3.63, 3.8) is 0 Å². The van der Waals surface area contributed by atoms with Gasteiger partial charge in [0.1, 0.15) is 6.04 Å². The summed E-state index contributed by atoms with van der Waals surface area (Å²) in [6.07, 6.45) is 2.57. The van der Waals surface area contributed by atoms with E-state index in [1.165, 1.54) is 0 Å².